The van der Waals surface area contributed by atoms with Crippen molar-refractivity contribution in [2.45, 2.75) is 4.90 Å². The van der Waals surface area contributed by atoms with Crippen LogP contribution in [0.4, 0.5) is 5.69 Å². The molecule has 0 heterocycles. The lowest BCUT2D eigenvalue weighted by atomic mass is 10.2. The summed E-state index contributed by atoms with van der Waals surface area (Å²) in [6.07, 6.45) is 0. The maximum atomic E-state index is 12.7. The molecule has 0 aliphatic carbocycles. The molecule has 0 aromatic heterocycles. The highest BCUT2D eigenvalue weighted by atomic mass is 35.5. The lowest BCUT2D eigenvalue weighted by Gasteiger charge is -2.22. The number of nitrogens with zero attached hydrogens (tertiary/aromatic N) is 2. The lowest BCUT2D eigenvalue weighted by Crippen LogP contribution is -2.39. The second-order valence-electron chi connectivity index (χ2n) is 5.49. The van der Waals surface area contributed by atoms with E-state index in [9.17, 15) is 13.2 Å². The second-order valence-corrected chi connectivity index (χ2v) is 8.35. The molecule has 0 aliphatic rings. The van der Waals surface area contributed by atoms with Gasteiger partial charge in [-0.15, -0.1) is 0 Å². The molecule has 0 radical (unpaired) electrons. The average Bonchev–Trinajstić information content (AvgIpc) is 2.62. The molecule has 0 aliphatic heterocycles. The highest BCUT2D eigenvalue weighted by molar-refractivity contribution is 7.89. The number of amides is 1. The Balaban J connectivity index is 2.20. The first-order chi connectivity index (χ1) is 12.2. The van der Waals surface area contributed by atoms with Crippen LogP contribution in [0.5, 0.6) is 5.75 Å². The van der Waals surface area contributed by atoms with Gasteiger partial charge in [-0.05, 0) is 30.3 Å². The van der Waals surface area contributed by atoms with Crippen molar-refractivity contribution in [1.29, 1.82) is 0 Å². The Kier molecular flexibility index (Phi) is 6.52. The Morgan fingerprint density at radius 2 is 1.81 bits per heavy atom. The van der Waals surface area contributed by atoms with Crippen molar-refractivity contribution >= 4 is 44.8 Å². The first kappa shape index (κ1) is 20.5. The highest BCUT2D eigenvalue weighted by Gasteiger charge is 2.27. The summed E-state index contributed by atoms with van der Waals surface area (Å²) in [5.74, 6) is 0.177. The van der Waals surface area contributed by atoms with E-state index in [4.69, 9.17) is 27.9 Å². The van der Waals surface area contributed by atoms with Crippen LogP contribution in [0.2, 0.25) is 10.0 Å². The monoisotopic (exact) mass is 416 g/mol. The summed E-state index contributed by atoms with van der Waals surface area (Å²) in [6, 6.07) is 11.0. The second kappa shape index (κ2) is 8.26. The largest absolute Gasteiger partial charge is 0.497 e. The normalized spacial score (nSPS) is 11.5. The van der Waals surface area contributed by atoms with Gasteiger partial charge >= 0.3 is 0 Å². The van der Waals surface area contributed by atoms with Crippen LogP contribution in [0.15, 0.2) is 47.4 Å². The van der Waals surface area contributed by atoms with E-state index in [1.54, 1.807) is 31.3 Å². The molecule has 0 N–H and O–H groups in total. The van der Waals surface area contributed by atoms with Crippen molar-refractivity contribution in [2.24, 2.45) is 0 Å². The number of halogens is 2. The van der Waals surface area contributed by atoms with Crippen LogP contribution in [-0.4, -0.2) is 46.4 Å². The number of hydrogen-bond acceptors (Lipinski definition) is 4. The van der Waals surface area contributed by atoms with E-state index >= 15 is 0 Å². The van der Waals surface area contributed by atoms with E-state index in [-0.39, 0.29) is 21.5 Å². The third-order valence-corrected chi connectivity index (χ3v) is 6.27. The first-order valence-electron chi connectivity index (χ1n) is 7.49. The summed E-state index contributed by atoms with van der Waals surface area (Å²) in [7, 11) is 0.422. The van der Waals surface area contributed by atoms with E-state index in [0.717, 1.165) is 4.31 Å². The number of hydrogen-bond donors (Lipinski definition) is 0. The van der Waals surface area contributed by atoms with Crippen LogP contribution in [0.25, 0.3) is 0 Å². The minimum atomic E-state index is -3.97. The molecule has 9 heteroatoms. The number of sulfonamides is 1. The standard InChI is InChI=1S/C17H18Cl2N2O4S/c1-20(26(23,24)16-9-12(18)7-8-15(16)19)11-17(22)21(2)13-5-4-6-14(10-13)25-3/h4-10H,11H2,1-3H3. The van der Waals surface area contributed by atoms with Crippen molar-refractivity contribution in [3.05, 3.63) is 52.5 Å². The van der Waals surface area contributed by atoms with Crippen LogP contribution in [0.1, 0.15) is 0 Å². The molecule has 2 rings (SSSR count). The van der Waals surface area contributed by atoms with Crippen molar-refractivity contribution in [1.82, 2.24) is 4.31 Å². The van der Waals surface area contributed by atoms with Gasteiger partial charge in [-0.25, -0.2) is 8.42 Å². The molecule has 0 spiro atoms. The van der Waals surface area contributed by atoms with Crippen molar-refractivity contribution < 1.29 is 17.9 Å². The summed E-state index contributed by atoms with van der Waals surface area (Å²) in [5.41, 5.74) is 0.584. The highest BCUT2D eigenvalue weighted by Crippen LogP contribution is 2.27. The van der Waals surface area contributed by atoms with Gasteiger partial charge in [0.05, 0.1) is 18.7 Å². The Morgan fingerprint density at radius 1 is 1.12 bits per heavy atom. The molecular formula is C17H18Cl2N2O4S. The summed E-state index contributed by atoms with van der Waals surface area (Å²) in [6.45, 7) is -0.362. The van der Waals surface area contributed by atoms with Gasteiger partial charge in [0.1, 0.15) is 10.6 Å². The Morgan fingerprint density at radius 3 is 2.46 bits per heavy atom. The van der Waals surface area contributed by atoms with Crippen LogP contribution in [0.3, 0.4) is 0 Å². The summed E-state index contributed by atoms with van der Waals surface area (Å²) in [5, 5.41) is 0.274. The van der Waals surface area contributed by atoms with Gasteiger partial charge in [0.2, 0.25) is 15.9 Å². The molecule has 0 saturated carbocycles. The number of ether oxygens (including phenoxy) is 1. The topological polar surface area (TPSA) is 66.9 Å². The predicted molar refractivity (Wildman–Crippen MR) is 103 cm³/mol. The number of carbonyl (C=O) groups is 1. The maximum absolute atomic E-state index is 12.7. The molecule has 6 nitrogen and oxygen atoms in total. The minimum Gasteiger partial charge on any atom is -0.497 e. The zero-order valence-corrected chi connectivity index (χ0v) is 16.8. The van der Waals surface area contributed by atoms with Gasteiger partial charge in [-0.2, -0.15) is 4.31 Å². The number of benzene rings is 2. The van der Waals surface area contributed by atoms with E-state index in [1.807, 2.05) is 0 Å². The molecule has 0 unspecified atom stereocenters. The van der Waals surface area contributed by atoms with E-state index in [2.05, 4.69) is 0 Å². The summed E-state index contributed by atoms with van der Waals surface area (Å²) in [4.78, 5) is 13.7. The molecule has 1 amide bonds. The Hall–Kier alpha value is -1.80. The summed E-state index contributed by atoms with van der Waals surface area (Å²) >= 11 is 11.8. The molecule has 0 bridgehead atoms. The fourth-order valence-corrected chi connectivity index (χ4v) is 4.04. The van der Waals surface area contributed by atoms with E-state index < -0.39 is 15.9 Å². The van der Waals surface area contributed by atoms with Crippen molar-refractivity contribution in [3.8, 4) is 5.75 Å². The molecule has 26 heavy (non-hydrogen) atoms. The van der Waals surface area contributed by atoms with Gasteiger partial charge in [0.15, 0.2) is 0 Å². The number of methoxy groups -OCH3 is 1. The van der Waals surface area contributed by atoms with Gasteiger partial charge in [-0.1, -0.05) is 29.3 Å². The van der Waals surface area contributed by atoms with Gasteiger partial charge in [-0.3, -0.25) is 4.79 Å². The smallest absolute Gasteiger partial charge is 0.244 e. The van der Waals surface area contributed by atoms with Crippen LogP contribution in [0, 0.1) is 0 Å². The SMILES string of the molecule is COc1cccc(N(C)C(=O)CN(C)S(=O)(=O)c2cc(Cl)ccc2Cl)c1. The third-order valence-electron chi connectivity index (χ3n) is 3.75. The van der Waals surface area contributed by atoms with Crippen LogP contribution < -0.4 is 9.64 Å². The maximum Gasteiger partial charge on any atom is 0.244 e. The molecular weight excluding hydrogens is 399 g/mol. The van der Waals surface area contributed by atoms with Gasteiger partial charge < -0.3 is 9.64 Å². The van der Waals surface area contributed by atoms with E-state index in [0.29, 0.717) is 11.4 Å². The molecule has 0 fully saturated rings. The zero-order chi connectivity index (χ0) is 19.5. The molecule has 2 aromatic carbocycles. The fourth-order valence-electron chi connectivity index (χ4n) is 2.19. The molecule has 0 saturated heterocycles. The minimum absolute atomic E-state index is 0.0369. The third kappa shape index (κ3) is 4.48. The Labute approximate surface area is 162 Å². The molecule has 2 aromatic rings. The molecule has 140 valence electrons. The molecule has 0 atom stereocenters. The quantitative estimate of drug-likeness (QED) is 0.724. The fraction of sp³-hybridized carbons (Fsp3) is 0.235. The van der Waals surface area contributed by atoms with Crippen molar-refractivity contribution in [2.75, 3.05) is 32.6 Å². The van der Waals surface area contributed by atoms with Crippen LogP contribution >= 0.6 is 23.2 Å². The van der Waals surface area contributed by atoms with Crippen molar-refractivity contribution in [3.63, 3.8) is 0 Å². The predicted octanol–water partition coefficient (Wildman–Crippen LogP) is 3.29. The Bertz CT molecular complexity index is 919. The van der Waals surface area contributed by atoms with Crippen LogP contribution in [-0.2, 0) is 14.8 Å². The van der Waals surface area contributed by atoms with Gasteiger partial charge in [0.25, 0.3) is 0 Å². The number of rotatable bonds is 6. The number of likely N-dealkylation sites (N-methyl/N-ethyl adjacent to an activating group) is 2. The average molecular weight is 417 g/mol. The van der Waals surface area contributed by atoms with Gasteiger partial charge in [0, 0.05) is 30.9 Å². The first-order valence-corrected chi connectivity index (χ1v) is 9.68. The summed E-state index contributed by atoms with van der Waals surface area (Å²) < 4.78 is 31.4. The number of carbonyl (C=O) groups excluding carboxylic acids is 1. The van der Waals surface area contributed by atoms with E-state index in [1.165, 1.54) is 37.3 Å². The number of anilines is 1. The zero-order valence-electron chi connectivity index (χ0n) is 14.4. The lowest BCUT2D eigenvalue weighted by molar-refractivity contribution is -0.118.